The van der Waals surface area contributed by atoms with Crippen molar-refractivity contribution >= 4 is 34.2 Å². The van der Waals surface area contributed by atoms with E-state index in [4.69, 9.17) is 9.47 Å². The molecule has 1 aliphatic rings. The first-order valence-corrected chi connectivity index (χ1v) is 11.4. The Bertz CT molecular complexity index is 1280. The van der Waals surface area contributed by atoms with Crippen molar-refractivity contribution in [1.82, 2.24) is 9.97 Å². The number of nitrogens with one attached hydrogen (secondary N) is 1. The fourth-order valence-corrected chi connectivity index (χ4v) is 4.58. The second kappa shape index (κ2) is 9.52. The van der Waals surface area contributed by atoms with Gasteiger partial charge in [-0.25, -0.2) is 18.6 Å². The van der Waals surface area contributed by atoms with Crippen molar-refractivity contribution in [2.24, 2.45) is 5.92 Å². The van der Waals surface area contributed by atoms with Crippen molar-refractivity contribution in [2.45, 2.75) is 39.7 Å². The molecule has 3 aromatic rings. The predicted octanol–water partition coefficient (Wildman–Crippen LogP) is 5.44. The normalized spacial score (nSPS) is 14.3. The molecule has 35 heavy (non-hydrogen) atoms. The minimum atomic E-state index is -1.01. The number of rotatable bonds is 8. The fourth-order valence-electron chi connectivity index (χ4n) is 4.58. The van der Waals surface area contributed by atoms with Gasteiger partial charge in [0, 0.05) is 36.7 Å². The van der Waals surface area contributed by atoms with E-state index in [1.165, 1.54) is 32.4 Å². The quantitative estimate of drug-likeness (QED) is 0.428. The van der Waals surface area contributed by atoms with Crippen LogP contribution in [0.2, 0.25) is 0 Å². The van der Waals surface area contributed by atoms with Crippen LogP contribution in [0.1, 0.15) is 49.2 Å². The van der Waals surface area contributed by atoms with Crippen molar-refractivity contribution in [1.29, 1.82) is 0 Å². The summed E-state index contributed by atoms with van der Waals surface area (Å²) in [7, 11) is 4.00. The standard InChI is InChI=1S/C25H28F2N4O4/c1-6-7-13(2)8-17(32)16-9-15-22-14(11-28-24(15)29-16)12-31(25(33)30(22)3)23-20(26)18(34-4)10-19(35-5)21(23)27/h9-11,13H,6-8,12H2,1-5H3,(H,28,29). The number of aromatic nitrogens is 2. The van der Waals surface area contributed by atoms with E-state index >= 15 is 8.78 Å². The van der Waals surface area contributed by atoms with E-state index < -0.39 is 23.4 Å². The van der Waals surface area contributed by atoms with Crippen molar-refractivity contribution in [3.63, 3.8) is 0 Å². The average molecular weight is 487 g/mol. The molecule has 2 aromatic heterocycles. The van der Waals surface area contributed by atoms with Gasteiger partial charge in [0.05, 0.1) is 32.1 Å². The molecule has 1 aliphatic heterocycles. The maximum absolute atomic E-state index is 15.1. The van der Waals surface area contributed by atoms with Crippen molar-refractivity contribution in [3.05, 3.63) is 41.2 Å². The molecule has 1 aromatic carbocycles. The highest BCUT2D eigenvalue weighted by atomic mass is 19.1. The molecule has 3 heterocycles. The van der Waals surface area contributed by atoms with Crippen LogP contribution in [0, 0.1) is 17.6 Å². The number of Topliss-reactive ketones (excluding diaryl/α,β-unsaturated/α-hetero) is 1. The van der Waals surface area contributed by atoms with Gasteiger partial charge >= 0.3 is 6.03 Å². The van der Waals surface area contributed by atoms with Crippen molar-refractivity contribution < 1.29 is 27.8 Å². The summed E-state index contributed by atoms with van der Waals surface area (Å²) < 4.78 is 40.3. The van der Waals surface area contributed by atoms with Gasteiger partial charge in [-0.3, -0.25) is 14.6 Å². The molecule has 0 saturated heterocycles. The smallest absolute Gasteiger partial charge is 0.329 e. The summed E-state index contributed by atoms with van der Waals surface area (Å²) in [4.78, 5) is 35.9. The SMILES string of the molecule is CCCC(C)CC(=O)c1cc2c3c(cnc2[nH]1)CN(c1c(F)c(OC)cc(OC)c1F)C(=O)N3C. The Kier molecular flexibility index (Phi) is 6.64. The second-order valence-corrected chi connectivity index (χ2v) is 8.78. The minimum absolute atomic E-state index is 0.0308. The van der Waals surface area contributed by atoms with Gasteiger partial charge < -0.3 is 14.5 Å². The van der Waals surface area contributed by atoms with Crippen LogP contribution >= 0.6 is 0 Å². The Morgan fingerprint density at radius 1 is 1.17 bits per heavy atom. The molecule has 10 heteroatoms. The molecule has 1 unspecified atom stereocenters. The summed E-state index contributed by atoms with van der Waals surface area (Å²) in [6, 6.07) is 2.13. The maximum Gasteiger partial charge on any atom is 0.329 e. The monoisotopic (exact) mass is 486 g/mol. The van der Waals surface area contributed by atoms with Gasteiger partial charge in [0.25, 0.3) is 0 Å². The molecular weight excluding hydrogens is 458 g/mol. The van der Waals surface area contributed by atoms with Crippen LogP contribution in [0.15, 0.2) is 18.3 Å². The number of ketones is 1. The molecule has 8 nitrogen and oxygen atoms in total. The van der Waals surface area contributed by atoms with E-state index in [1.807, 2.05) is 6.92 Å². The highest BCUT2D eigenvalue weighted by Crippen LogP contribution is 2.42. The average Bonchev–Trinajstić information content (AvgIpc) is 3.27. The van der Waals surface area contributed by atoms with Crippen LogP contribution in [0.25, 0.3) is 11.0 Å². The number of urea groups is 1. The summed E-state index contributed by atoms with van der Waals surface area (Å²) in [5.41, 5.74) is 1.41. The number of halogens is 2. The van der Waals surface area contributed by atoms with Crippen LogP contribution in [-0.2, 0) is 6.54 Å². The van der Waals surface area contributed by atoms with E-state index in [-0.39, 0.29) is 29.7 Å². The van der Waals surface area contributed by atoms with Gasteiger partial charge in [-0.1, -0.05) is 26.7 Å². The lowest BCUT2D eigenvalue weighted by Crippen LogP contribution is -2.46. The largest absolute Gasteiger partial charge is 0.493 e. The Morgan fingerprint density at radius 3 is 2.43 bits per heavy atom. The number of carbonyl (C=O) groups is 2. The number of amides is 2. The Hall–Kier alpha value is -3.69. The summed E-state index contributed by atoms with van der Waals surface area (Å²) in [6.07, 6.45) is 3.89. The fraction of sp³-hybridized carbons (Fsp3) is 0.400. The number of fused-ring (bicyclic) bond motifs is 3. The first-order chi connectivity index (χ1) is 16.7. The van der Waals surface area contributed by atoms with Crippen LogP contribution in [0.4, 0.5) is 25.0 Å². The third-order valence-electron chi connectivity index (χ3n) is 6.32. The first-order valence-electron chi connectivity index (χ1n) is 11.4. The van der Waals surface area contributed by atoms with Gasteiger partial charge in [0.1, 0.15) is 11.3 Å². The molecule has 0 spiro atoms. The molecule has 0 radical (unpaired) electrons. The second-order valence-electron chi connectivity index (χ2n) is 8.78. The molecule has 0 saturated carbocycles. The van der Waals surface area contributed by atoms with Gasteiger partial charge in [-0.05, 0) is 12.0 Å². The van der Waals surface area contributed by atoms with E-state index in [0.29, 0.717) is 34.4 Å². The number of hydrogen-bond acceptors (Lipinski definition) is 5. The lowest BCUT2D eigenvalue weighted by Gasteiger charge is -2.35. The Labute approximate surface area is 201 Å². The van der Waals surface area contributed by atoms with E-state index in [2.05, 4.69) is 16.9 Å². The molecule has 1 N–H and O–H groups in total. The van der Waals surface area contributed by atoms with Gasteiger partial charge in [0.15, 0.2) is 28.9 Å². The first kappa shape index (κ1) is 24.4. The Morgan fingerprint density at radius 2 is 1.83 bits per heavy atom. The number of hydrogen-bond donors (Lipinski definition) is 1. The molecule has 186 valence electrons. The number of aromatic amines is 1. The molecule has 0 fully saturated rings. The molecule has 0 aliphatic carbocycles. The van der Waals surface area contributed by atoms with Crippen LogP contribution < -0.4 is 19.3 Å². The van der Waals surface area contributed by atoms with Gasteiger partial charge in [-0.2, -0.15) is 0 Å². The van der Waals surface area contributed by atoms with Gasteiger partial charge in [-0.15, -0.1) is 0 Å². The summed E-state index contributed by atoms with van der Waals surface area (Å²) in [5, 5.41) is 0.591. The lowest BCUT2D eigenvalue weighted by atomic mass is 9.98. The van der Waals surface area contributed by atoms with Crippen molar-refractivity contribution in [2.75, 3.05) is 31.1 Å². The molecule has 1 atom stereocenters. The van der Waals surface area contributed by atoms with Crippen LogP contribution in [0.5, 0.6) is 11.5 Å². The van der Waals surface area contributed by atoms with E-state index in [9.17, 15) is 9.59 Å². The topological polar surface area (TPSA) is 87.8 Å². The number of pyridine rings is 1. The van der Waals surface area contributed by atoms with Crippen LogP contribution in [0.3, 0.4) is 0 Å². The molecule has 2 amide bonds. The third-order valence-corrected chi connectivity index (χ3v) is 6.32. The molecule has 4 rings (SSSR count). The molecule has 0 bridgehead atoms. The van der Waals surface area contributed by atoms with Crippen LogP contribution in [-0.4, -0.2) is 43.0 Å². The molecular formula is C25H28F2N4O4. The van der Waals surface area contributed by atoms with Crippen molar-refractivity contribution in [3.8, 4) is 11.5 Å². The summed E-state index contributed by atoms with van der Waals surface area (Å²) in [6.45, 7) is 3.99. The number of H-pyrrole nitrogens is 1. The number of anilines is 2. The number of methoxy groups -OCH3 is 2. The number of carbonyl (C=O) groups excluding carboxylic acids is 2. The minimum Gasteiger partial charge on any atom is -0.493 e. The van der Waals surface area contributed by atoms with E-state index in [1.54, 1.807) is 6.07 Å². The summed E-state index contributed by atoms with van der Waals surface area (Å²) >= 11 is 0. The maximum atomic E-state index is 15.1. The lowest BCUT2D eigenvalue weighted by molar-refractivity contribution is 0.0958. The summed E-state index contributed by atoms with van der Waals surface area (Å²) in [5.74, 6) is -2.31. The zero-order valence-electron chi connectivity index (χ0n) is 20.4. The predicted molar refractivity (Wildman–Crippen MR) is 129 cm³/mol. The Balaban J connectivity index is 1.76. The highest BCUT2D eigenvalue weighted by Gasteiger charge is 2.36. The number of ether oxygens (including phenoxy) is 2. The zero-order valence-corrected chi connectivity index (χ0v) is 20.4. The number of benzene rings is 1. The zero-order chi connectivity index (χ0) is 25.4. The van der Waals surface area contributed by atoms with Gasteiger partial charge in [0.2, 0.25) is 0 Å². The van der Waals surface area contributed by atoms with E-state index in [0.717, 1.165) is 23.8 Å². The third kappa shape index (κ3) is 4.17. The highest BCUT2D eigenvalue weighted by molar-refractivity contribution is 6.12. The number of nitrogens with zero attached hydrogens (tertiary/aromatic N) is 3.